The fourth-order valence-electron chi connectivity index (χ4n) is 3.73. The lowest BCUT2D eigenvalue weighted by Crippen LogP contribution is -2.55. The molecule has 204 valence electrons. The molecule has 5 rings (SSSR count). The van der Waals surface area contributed by atoms with Gasteiger partial charge in [0.25, 0.3) is 11.8 Å². The Kier molecular flexibility index (Phi) is 7.69. The Labute approximate surface area is 216 Å². The summed E-state index contributed by atoms with van der Waals surface area (Å²) in [4.78, 5) is 27.8. The van der Waals surface area contributed by atoms with Crippen molar-refractivity contribution in [2.24, 2.45) is 0 Å². The maximum absolute atomic E-state index is 14.7. The third-order valence-corrected chi connectivity index (χ3v) is 5.67. The highest BCUT2D eigenvalue weighted by molar-refractivity contribution is 5.97. The number of para-hydroxylation sites is 2. The monoisotopic (exact) mass is 550 g/mol. The minimum Gasteiger partial charge on any atom is -0.475 e. The van der Waals surface area contributed by atoms with E-state index in [1.165, 1.54) is 15.9 Å². The Morgan fingerprint density at radius 2 is 1.72 bits per heavy atom. The van der Waals surface area contributed by atoms with E-state index < -0.39 is 36.5 Å². The first-order valence-electron chi connectivity index (χ1n) is 11.3. The van der Waals surface area contributed by atoms with Crippen molar-refractivity contribution in [3.8, 4) is 11.6 Å². The number of carboxylic acids is 1. The Hall–Kier alpha value is -4.69. The van der Waals surface area contributed by atoms with Crippen LogP contribution in [-0.2, 0) is 4.79 Å². The number of rotatable bonds is 4. The minimum absolute atomic E-state index is 0.0942. The average molecular weight is 550 g/mol. The summed E-state index contributed by atoms with van der Waals surface area (Å²) in [6, 6.07) is 17.4. The molecule has 39 heavy (non-hydrogen) atoms. The smallest absolute Gasteiger partial charge is 0.475 e. The predicted molar refractivity (Wildman–Crippen MR) is 124 cm³/mol. The van der Waals surface area contributed by atoms with E-state index in [0.29, 0.717) is 16.8 Å². The highest BCUT2D eigenvalue weighted by atomic mass is 19.4. The first-order valence-corrected chi connectivity index (χ1v) is 11.3. The minimum atomic E-state index is -5.08. The molecule has 0 spiro atoms. The van der Waals surface area contributed by atoms with Gasteiger partial charge in [0.2, 0.25) is 5.88 Å². The van der Waals surface area contributed by atoms with Crippen molar-refractivity contribution in [2.75, 3.05) is 13.1 Å². The van der Waals surface area contributed by atoms with Crippen LogP contribution in [0.5, 0.6) is 5.88 Å². The Bertz CT molecular complexity index is 1460. The highest BCUT2D eigenvalue weighted by Gasteiger charge is 2.47. The normalized spacial score (nSPS) is 16.7. The van der Waals surface area contributed by atoms with Gasteiger partial charge in [0.1, 0.15) is 6.33 Å². The van der Waals surface area contributed by atoms with E-state index in [1.54, 1.807) is 42.5 Å². The fraction of sp³-hybridized carbons (Fsp3) is 0.250. The van der Waals surface area contributed by atoms with Crippen LogP contribution >= 0.6 is 0 Å². The van der Waals surface area contributed by atoms with Crippen LogP contribution in [0.25, 0.3) is 16.6 Å². The molecule has 1 aliphatic heterocycles. The predicted octanol–water partition coefficient (Wildman–Crippen LogP) is 3.77. The third kappa shape index (κ3) is 6.42. The molecule has 4 aromatic rings. The topological polar surface area (TPSA) is 123 Å². The van der Waals surface area contributed by atoms with Crippen LogP contribution in [0.3, 0.4) is 0 Å². The van der Waals surface area contributed by atoms with E-state index in [9.17, 15) is 26.7 Å². The molecule has 0 radical (unpaired) electrons. The van der Waals surface area contributed by atoms with Gasteiger partial charge in [-0.1, -0.05) is 30.3 Å². The molecule has 0 aliphatic carbocycles. The van der Waals surface area contributed by atoms with Crippen LogP contribution < -0.4 is 4.74 Å². The molecular weight excluding hydrogens is 531 g/mol. The molecule has 2 aromatic carbocycles. The van der Waals surface area contributed by atoms with Gasteiger partial charge in [0.05, 0.1) is 23.3 Å². The molecule has 0 unspecified atom stereocenters. The van der Waals surface area contributed by atoms with E-state index in [1.807, 2.05) is 18.2 Å². The number of hydrogen-bond donors (Lipinski definition) is 1. The number of carbonyl (C=O) groups is 2. The number of carbonyl (C=O) groups excluding carboxylic acids is 1. The Balaban J connectivity index is 0.000000448. The van der Waals surface area contributed by atoms with Gasteiger partial charge >= 0.3 is 12.1 Å². The molecule has 0 saturated carbocycles. The molecule has 15 heteroatoms. The number of nitrogens with zero attached hydrogens (tertiary/aromatic N) is 6. The van der Waals surface area contributed by atoms with Gasteiger partial charge in [-0.3, -0.25) is 4.79 Å². The number of amides is 1. The largest absolute Gasteiger partial charge is 0.490 e. The van der Waals surface area contributed by atoms with Gasteiger partial charge < -0.3 is 14.7 Å². The lowest BCUT2D eigenvalue weighted by Gasteiger charge is -2.38. The lowest BCUT2D eigenvalue weighted by atomic mass is 10.0. The van der Waals surface area contributed by atoms with Gasteiger partial charge in [-0.15, -0.1) is 5.10 Å². The van der Waals surface area contributed by atoms with Crippen molar-refractivity contribution < 1.29 is 41.4 Å². The number of fused-ring (bicyclic) bond motifs is 1. The molecule has 1 N–H and O–H groups in total. The highest BCUT2D eigenvalue weighted by Crippen LogP contribution is 2.33. The second-order valence-electron chi connectivity index (χ2n) is 8.29. The van der Waals surface area contributed by atoms with Gasteiger partial charge in [0, 0.05) is 24.4 Å². The summed E-state index contributed by atoms with van der Waals surface area (Å²) >= 11 is 0. The third-order valence-electron chi connectivity index (χ3n) is 5.67. The SMILES string of the molecule is O=C(O)C(F)(F)F.O=C(c1ccccc1-n1cnnn1)N1CCC(F)(F)[C@@H](Oc2ccc3ccccc3n2)C1. The molecule has 1 saturated heterocycles. The molecule has 3 heterocycles. The number of piperidine rings is 1. The van der Waals surface area contributed by atoms with Gasteiger partial charge in [-0.25, -0.2) is 18.6 Å². The molecule has 0 bridgehead atoms. The first-order chi connectivity index (χ1) is 18.5. The number of likely N-dealkylation sites (tertiary alicyclic amines) is 1. The van der Waals surface area contributed by atoms with Crippen LogP contribution in [0, 0.1) is 0 Å². The number of aromatic nitrogens is 5. The summed E-state index contributed by atoms with van der Waals surface area (Å²) in [7, 11) is 0. The fourth-order valence-corrected chi connectivity index (χ4v) is 3.73. The van der Waals surface area contributed by atoms with Crippen molar-refractivity contribution in [3.05, 3.63) is 72.6 Å². The van der Waals surface area contributed by atoms with Crippen molar-refractivity contribution >= 4 is 22.8 Å². The molecule has 1 fully saturated rings. The molecule has 1 amide bonds. The summed E-state index contributed by atoms with van der Waals surface area (Å²) in [5, 5.41) is 19.0. The Morgan fingerprint density at radius 3 is 2.41 bits per heavy atom. The van der Waals surface area contributed by atoms with Crippen molar-refractivity contribution in [2.45, 2.75) is 24.6 Å². The van der Waals surface area contributed by atoms with E-state index in [-0.39, 0.29) is 19.0 Å². The number of halogens is 5. The number of carboxylic acid groups (broad SMARTS) is 1. The zero-order valence-electron chi connectivity index (χ0n) is 19.8. The number of ether oxygens (including phenoxy) is 1. The van der Waals surface area contributed by atoms with Crippen LogP contribution in [0.2, 0.25) is 0 Å². The summed E-state index contributed by atoms with van der Waals surface area (Å²) in [6.45, 7) is -0.370. The molecule has 2 aromatic heterocycles. The number of pyridine rings is 1. The number of hydrogen-bond acceptors (Lipinski definition) is 7. The first kappa shape index (κ1) is 27.3. The number of alkyl halides is 5. The zero-order valence-corrected chi connectivity index (χ0v) is 19.8. The van der Waals surface area contributed by atoms with Crippen LogP contribution in [0.1, 0.15) is 16.8 Å². The van der Waals surface area contributed by atoms with E-state index in [4.69, 9.17) is 14.6 Å². The summed E-state index contributed by atoms with van der Waals surface area (Å²) in [5.74, 6) is -6.16. The molecule has 10 nitrogen and oxygen atoms in total. The maximum atomic E-state index is 14.7. The Morgan fingerprint density at radius 1 is 1.03 bits per heavy atom. The lowest BCUT2D eigenvalue weighted by molar-refractivity contribution is -0.192. The molecular formula is C24H19F5N6O4. The van der Waals surface area contributed by atoms with Crippen molar-refractivity contribution in [3.63, 3.8) is 0 Å². The van der Waals surface area contributed by atoms with Crippen LogP contribution in [0.4, 0.5) is 22.0 Å². The van der Waals surface area contributed by atoms with Crippen LogP contribution in [-0.4, -0.2) is 78.4 Å². The summed E-state index contributed by atoms with van der Waals surface area (Å²) in [6.07, 6.45) is -5.74. The number of benzene rings is 2. The van der Waals surface area contributed by atoms with Crippen molar-refractivity contribution in [1.29, 1.82) is 0 Å². The van der Waals surface area contributed by atoms with Gasteiger partial charge in [-0.05, 0) is 34.7 Å². The standard InChI is InChI=1S/C22H18F2N6O2.C2HF3O2/c23-22(24)11-12-29(21(31)16-6-2-4-8-18(16)30-14-25-27-28-30)13-19(22)32-20-10-9-15-5-1-3-7-17(15)26-20;3-2(4,5)1(6)7/h1-10,14,19H,11-13H2;(H,6,7)/t19-;/m0./s1. The molecule has 1 atom stereocenters. The van der Waals surface area contributed by atoms with Gasteiger partial charge in [-0.2, -0.15) is 17.9 Å². The average Bonchev–Trinajstić information content (AvgIpc) is 3.44. The number of aliphatic carboxylic acids is 1. The van der Waals surface area contributed by atoms with E-state index >= 15 is 0 Å². The summed E-state index contributed by atoms with van der Waals surface area (Å²) in [5.41, 5.74) is 1.42. The second-order valence-corrected chi connectivity index (χ2v) is 8.29. The molecule has 1 aliphatic rings. The number of tetrazole rings is 1. The van der Waals surface area contributed by atoms with Crippen molar-refractivity contribution in [1.82, 2.24) is 30.1 Å². The maximum Gasteiger partial charge on any atom is 0.490 e. The van der Waals surface area contributed by atoms with E-state index in [2.05, 4.69) is 20.5 Å². The summed E-state index contributed by atoms with van der Waals surface area (Å²) < 4.78 is 68.1. The van der Waals surface area contributed by atoms with Crippen LogP contribution in [0.15, 0.2) is 67.0 Å². The quantitative estimate of drug-likeness (QED) is 0.381. The van der Waals surface area contributed by atoms with E-state index in [0.717, 1.165) is 5.39 Å². The van der Waals surface area contributed by atoms with Gasteiger partial charge in [0.15, 0.2) is 6.10 Å². The second kappa shape index (κ2) is 11.0. The zero-order chi connectivity index (χ0) is 28.2.